The van der Waals surface area contributed by atoms with Gasteiger partial charge in [-0.1, -0.05) is 36.4 Å². The van der Waals surface area contributed by atoms with Crippen LogP contribution in [0.1, 0.15) is 12.0 Å². The van der Waals surface area contributed by atoms with E-state index in [0.29, 0.717) is 0 Å². The second kappa shape index (κ2) is 6.00. The number of Topliss-reactive ketones (excluding diaryl/α,β-unsaturated/α-hetero) is 1. The Bertz CT molecular complexity index is 528. The third-order valence-corrected chi connectivity index (χ3v) is 2.76. The molecule has 0 spiro atoms. The molecule has 0 saturated heterocycles. The SMILES string of the molecule is COC(=O)C1=CO[C@H](/C=C/c2ccccc2)CC1=O. The van der Waals surface area contributed by atoms with Crippen LogP contribution in [0.25, 0.3) is 6.08 Å². The minimum absolute atomic E-state index is 0.0353. The molecule has 19 heavy (non-hydrogen) atoms. The van der Waals surface area contributed by atoms with E-state index in [-0.39, 0.29) is 23.9 Å². The van der Waals surface area contributed by atoms with Crippen molar-refractivity contribution in [2.24, 2.45) is 0 Å². The van der Waals surface area contributed by atoms with Crippen LogP contribution >= 0.6 is 0 Å². The van der Waals surface area contributed by atoms with Gasteiger partial charge in [0.05, 0.1) is 13.5 Å². The van der Waals surface area contributed by atoms with E-state index in [0.717, 1.165) is 5.56 Å². The summed E-state index contributed by atoms with van der Waals surface area (Å²) < 4.78 is 9.83. The summed E-state index contributed by atoms with van der Waals surface area (Å²) in [5.74, 6) is -0.920. The van der Waals surface area contributed by atoms with Crippen molar-refractivity contribution in [1.82, 2.24) is 0 Å². The Hall–Kier alpha value is -2.36. The standard InChI is InChI=1S/C15H14O4/c1-18-15(17)13-10-19-12(9-14(13)16)8-7-11-5-3-2-4-6-11/h2-8,10,12H,9H2,1H3/b8-7+/t12-/m1/s1. The highest BCUT2D eigenvalue weighted by molar-refractivity contribution is 6.17. The predicted molar refractivity (Wildman–Crippen MR) is 70.1 cm³/mol. The number of hydrogen-bond acceptors (Lipinski definition) is 4. The molecule has 98 valence electrons. The molecule has 0 bridgehead atoms. The topological polar surface area (TPSA) is 52.6 Å². The first-order valence-electron chi connectivity index (χ1n) is 5.91. The van der Waals surface area contributed by atoms with E-state index < -0.39 is 5.97 Å². The van der Waals surface area contributed by atoms with Crippen LogP contribution in [0.2, 0.25) is 0 Å². The lowest BCUT2D eigenvalue weighted by atomic mass is 10.0. The number of hydrogen-bond donors (Lipinski definition) is 0. The molecule has 0 amide bonds. The van der Waals surface area contributed by atoms with E-state index in [1.165, 1.54) is 13.4 Å². The largest absolute Gasteiger partial charge is 0.492 e. The van der Waals surface area contributed by atoms with Gasteiger partial charge in [-0.15, -0.1) is 0 Å². The van der Waals surface area contributed by atoms with Crippen LogP contribution in [0.5, 0.6) is 0 Å². The van der Waals surface area contributed by atoms with Crippen LogP contribution in [0.4, 0.5) is 0 Å². The monoisotopic (exact) mass is 258 g/mol. The summed E-state index contributed by atoms with van der Waals surface area (Å²) in [4.78, 5) is 23.0. The Balaban J connectivity index is 2.03. The summed E-state index contributed by atoms with van der Waals surface area (Å²) in [5.41, 5.74) is 0.994. The Morgan fingerprint density at radius 3 is 2.74 bits per heavy atom. The van der Waals surface area contributed by atoms with Gasteiger partial charge < -0.3 is 9.47 Å². The minimum atomic E-state index is -0.657. The lowest BCUT2D eigenvalue weighted by Crippen LogP contribution is -2.25. The van der Waals surface area contributed by atoms with Crippen molar-refractivity contribution < 1.29 is 19.1 Å². The average molecular weight is 258 g/mol. The van der Waals surface area contributed by atoms with Crippen molar-refractivity contribution in [3.63, 3.8) is 0 Å². The van der Waals surface area contributed by atoms with Gasteiger partial charge in [0.25, 0.3) is 0 Å². The smallest absolute Gasteiger partial charge is 0.344 e. The van der Waals surface area contributed by atoms with Gasteiger partial charge in [0, 0.05) is 0 Å². The third kappa shape index (κ3) is 3.31. The fourth-order valence-corrected chi connectivity index (χ4v) is 1.73. The van der Waals surface area contributed by atoms with Crippen LogP contribution < -0.4 is 0 Å². The van der Waals surface area contributed by atoms with E-state index in [4.69, 9.17) is 4.74 Å². The molecule has 2 rings (SSSR count). The Labute approximate surface area is 111 Å². The maximum Gasteiger partial charge on any atom is 0.344 e. The van der Waals surface area contributed by atoms with Gasteiger partial charge in [0.15, 0.2) is 5.78 Å². The van der Waals surface area contributed by atoms with E-state index in [2.05, 4.69) is 4.74 Å². The van der Waals surface area contributed by atoms with Gasteiger partial charge in [-0.2, -0.15) is 0 Å². The molecule has 0 saturated carbocycles. The summed E-state index contributed by atoms with van der Waals surface area (Å²) in [6, 6.07) is 9.71. The number of carbonyl (C=O) groups is 2. The molecule has 1 atom stereocenters. The summed E-state index contributed by atoms with van der Waals surface area (Å²) in [6.07, 6.45) is 4.66. The second-order valence-electron chi connectivity index (χ2n) is 4.09. The lowest BCUT2D eigenvalue weighted by Gasteiger charge is -2.18. The first kappa shape index (κ1) is 13.1. The molecule has 0 unspecified atom stereocenters. The minimum Gasteiger partial charge on any atom is -0.492 e. The van der Waals surface area contributed by atoms with E-state index in [1.807, 2.05) is 36.4 Å². The number of esters is 1. The molecule has 1 aliphatic rings. The number of rotatable bonds is 3. The molecule has 1 aliphatic heterocycles. The third-order valence-electron chi connectivity index (χ3n) is 2.76. The summed E-state index contributed by atoms with van der Waals surface area (Å²) in [7, 11) is 1.23. The van der Waals surface area contributed by atoms with Gasteiger partial charge in [0.1, 0.15) is 17.9 Å². The molecule has 4 heteroatoms. The Kier molecular flexibility index (Phi) is 4.13. The molecule has 0 N–H and O–H groups in total. The van der Waals surface area contributed by atoms with Gasteiger partial charge in [-0.3, -0.25) is 4.79 Å². The maximum atomic E-state index is 11.7. The van der Waals surface area contributed by atoms with Gasteiger partial charge in [-0.25, -0.2) is 4.79 Å². The van der Waals surface area contributed by atoms with E-state index in [9.17, 15) is 9.59 Å². The summed E-state index contributed by atoms with van der Waals surface area (Å²) >= 11 is 0. The number of carbonyl (C=O) groups excluding carboxylic acids is 2. The average Bonchev–Trinajstić information content (AvgIpc) is 2.45. The fourth-order valence-electron chi connectivity index (χ4n) is 1.73. The van der Waals surface area contributed by atoms with Crippen LogP contribution in [0.3, 0.4) is 0 Å². The zero-order chi connectivity index (χ0) is 13.7. The zero-order valence-corrected chi connectivity index (χ0v) is 10.5. The number of methoxy groups -OCH3 is 1. The molecule has 1 aromatic carbocycles. The summed E-state index contributed by atoms with van der Waals surface area (Å²) in [6.45, 7) is 0. The van der Waals surface area contributed by atoms with Gasteiger partial charge >= 0.3 is 5.97 Å². The molecule has 0 fully saturated rings. The molecule has 0 radical (unpaired) electrons. The maximum absolute atomic E-state index is 11.7. The fraction of sp³-hybridized carbons (Fsp3) is 0.200. The van der Waals surface area contributed by atoms with Gasteiger partial charge in [0.2, 0.25) is 0 Å². The number of benzene rings is 1. The second-order valence-corrected chi connectivity index (χ2v) is 4.09. The van der Waals surface area contributed by atoms with Crippen molar-refractivity contribution in [2.75, 3.05) is 7.11 Å². The van der Waals surface area contributed by atoms with E-state index >= 15 is 0 Å². The molecule has 1 heterocycles. The predicted octanol–water partition coefficient (Wildman–Crippen LogP) is 2.11. The van der Waals surface area contributed by atoms with Crippen LogP contribution in [-0.4, -0.2) is 25.0 Å². The highest BCUT2D eigenvalue weighted by Gasteiger charge is 2.26. The first-order chi connectivity index (χ1) is 9.20. The van der Waals surface area contributed by atoms with Crippen LogP contribution in [-0.2, 0) is 19.1 Å². The summed E-state index contributed by atoms with van der Waals surface area (Å²) in [5, 5.41) is 0. The quantitative estimate of drug-likeness (QED) is 0.615. The van der Waals surface area contributed by atoms with Crippen LogP contribution in [0, 0.1) is 0 Å². The Morgan fingerprint density at radius 1 is 1.37 bits per heavy atom. The Morgan fingerprint density at radius 2 is 2.11 bits per heavy atom. The normalized spacial score (nSPS) is 18.9. The first-order valence-corrected chi connectivity index (χ1v) is 5.91. The molecule has 1 aromatic rings. The number of ketones is 1. The highest BCUT2D eigenvalue weighted by Crippen LogP contribution is 2.17. The van der Waals surface area contributed by atoms with Crippen LogP contribution in [0.15, 0.2) is 48.2 Å². The molecular weight excluding hydrogens is 244 g/mol. The lowest BCUT2D eigenvalue weighted by molar-refractivity contribution is -0.138. The number of ether oxygens (including phenoxy) is 2. The molecular formula is C15H14O4. The highest BCUT2D eigenvalue weighted by atomic mass is 16.5. The van der Waals surface area contributed by atoms with Crippen molar-refractivity contribution in [2.45, 2.75) is 12.5 Å². The van der Waals surface area contributed by atoms with Crippen molar-refractivity contribution in [3.8, 4) is 0 Å². The molecule has 0 aliphatic carbocycles. The zero-order valence-electron chi connectivity index (χ0n) is 10.5. The van der Waals surface area contributed by atoms with Crippen molar-refractivity contribution >= 4 is 17.8 Å². The van der Waals surface area contributed by atoms with Crippen molar-refractivity contribution in [3.05, 3.63) is 53.8 Å². The molecule has 4 nitrogen and oxygen atoms in total. The van der Waals surface area contributed by atoms with E-state index in [1.54, 1.807) is 6.08 Å². The van der Waals surface area contributed by atoms with Gasteiger partial charge in [-0.05, 0) is 11.6 Å². The molecule has 0 aromatic heterocycles. The van der Waals surface area contributed by atoms with Crippen molar-refractivity contribution in [1.29, 1.82) is 0 Å².